The second kappa shape index (κ2) is 4.63. The number of rotatable bonds is 3. The molecule has 3 nitrogen and oxygen atoms in total. The summed E-state index contributed by atoms with van der Waals surface area (Å²) in [5.41, 5.74) is -0.180. The van der Waals surface area contributed by atoms with Gasteiger partial charge in [-0.25, -0.2) is 0 Å². The summed E-state index contributed by atoms with van der Waals surface area (Å²) >= 11 is 0. The molecule has 4 heteroatoms. The Morgan fingerprint density at radius 1 is 1.62 bits per heavy atom. The molecule has 2 aliphatic heterocycles. The van der Waals surface area contributed by atoms with Crippen LogP contribution in [0.5, 0.6) is 0 Å². The molecule has 0 spiro atoms. The Labute approximate surface area is 103 Å². The molecule has 0 aromatic carbocycles. The summed E-state index contributed by atoms with van der Waals surface area (Å²) in [5, 5.41) is 0. The van der Waals surface area contributed by atoms with Gasteiger partial charge in [-0.15, -0.1) is 0 Å². The van der Waals surface area contributed by atoms with Crippen LogP contribution in [0.2, 0.25) is 0 Å². The van der Waals surface area contributed by atoms with Crippen molar-refractivity contribution in [3.8, 4) is 0 Å². The van der Waals surface area contributed by atoms with Gasteiger partial charge in [0.05, 0.1) is 18.8 Å². The Morgan fingerprint density at radius 2 is 2.38 bits per heavy atom. The molecule has 0 aromatic heterocycles. The van der Waals surface area contributed by atoms with Crippen molar-refractivity contribution in [3.63, 3.8) is 0 Å². The van der Waals surface area contributed by atoms with Crippen LogP contribution < -0.4 is 0 Å². The molecule has 3 atom stereocenters. The summed E-state index contributed by atoms with van der Waals surface area (Å²) in [5.74, 6) is 0.434. The monoisotopic (exact) mass is 409 g/mol. The van der Waals surface area contributed by atoms with Gasteiger partial charge < -0.3 is 14.2 Å². The third-order valence-electron chi connectivity index (χ3n) is 2.83. The molecule has 0 unspecified atom stereocenters. The van der Waals surface area contributed by atoms with Crippen LogP contribution in [0.3, 0.4) is 0 Å². The first-order valence-electron chi connectivity index (χ1n) is 4.49. The molecule has 2 heterocycles. The van der Waals surface area contributed by atoms with Gasteiger partial charge in [0.2, 0.25) is 0 Å². The van der Waals surface area contributed by atoms with E-state index in [1.165, 1.54) is 0 Å². The summed E-state index contributed by atoms with van der Waals surface area (Å²) in [6.45, 7) is 8.01. The summed E-state index contributed by atoms with van der Waals surface area (Å²) in [6, 6.07) is 0. The SMILES string of the molecule is CCOC[C@@]12CO[C@@H]([CH-]O1)[C@@H]2C.[U]. The Balaban J connectivity index is 0.000000845. The standard InChI is InChI=1S/C9H15O3.U/c1-3-10-5-9-6-11-8(4-12-9)7(9)2;/h4,7-8H,3,5-6H2,1-2H3;/q-1;/t7-,8-,9-;/m0./s1. The molecule has 2 aliphatic rings. The van der Waals surface area contributed by atoms with Gasteiger partial charge in [-0.05, 0) is 18.9 Å². The van der Waals surface area contributed by atoms with Crippen molar-refractivity contribution in [2.75, 3.05) is 19.8 Å². The minimum Gasteiger partial charge on any atom is -0.541 e. The summed E-state index contributed by atoms with van der Waals surface area (Å²) in [6.07, 6.45) is 0.186. The maximum Gasteiger partial charge on any atom is 0.0851 e. The van der Waals surface area contributed by atoms with Crippen molar-refractivity contribution in [2.45, 2.75) is 25.6 Å². The maximum absolute atomic E-state index is 5.58. The number of ether oxygens (including phenoxy) is 3. The fraction of sp³-hybridized carbons (Fsp3) is 0.889. The molecule has 2 rings (SSSR count). The van der Waals surface area contributed by atoms with Crippen molar-refractivity contribution in [1.29, 1.82) is 0 Å². The molecular weight excluding hydrogens is 394 g/mol. The van der Waals surface area contributed by atoms with E-state index in [0.717, 1.165) is 6.61 Å². The van der Waals surface area contributed by atoms with Crippen LogP contribution in [0.15, 0.2) is 0 Å². The largest absolute Gasteiger partial charge is 0.541 e. The van der Waals surface area contributed by atoms with E-state index in [2.05, 4.69) is 6.92 Å². The van der Waals surface area contributed by atoms with Gasteiger partial charge in [-0.3, -0.25) is 0 Å². The summed E-state index contributed by atoms with van der Waals surface area (Å²) in [7, 11) is 0. The van der Waals surface area contributed by atoms with E-state index < -0.39 is 0 Å². The number of hydrogen-bond acceptors (Lipinski definition) is 3. The van der Waals surface area contributed by atoms with Crippen LogP contribution in [0.1, 0.15) is 13.8 Å². The Morgan fingerprint density at radius 3 is 2.77 bits per heavy atom. The summed E-state index contributed by atoms with van der Waals surface area (Å²) < 4.78 is 16.5. The molecule has 2 fully saturated rings. The zero-order valence-corrected chi connectivity index (χ0v) is 12.2. The topological polar surface area (TPSA) is 27.7 Å². The molecule has 2 saturated heterocycles. The molecule has 0 saturated carbocycles. The Kier molecular flexibility index (Phi) is 4.28. The third-order valence-corrected chi connectivity index (χ3v) is 2.83. The average molecular weight is 409 g/mol. The molecular formula is C9H15O3U-. The molecule has 0 N–H and O–H groups in total. The molecule has 0 radical (unpaired) electrons. The molecule has 0 aromatic rings. The van der Waals surface area contributed by atoms with Crippen molar-refractivity contribution >= 4 is 0 Å². The molecule has 2 bridgehead atoms. The van der Waals surface area contributed by atoms with E-state index in [9.17, 15) is 0 Å². The average Bonchev–Trinajstić information content (AvgIpc) is 2.57. The van der Waals surface area contributed by atoms with Gasteiger partial charge in [0.1, 0.15) is 0 Å². The van der Waals surface area contributed by atoms with Gasteiger partial charge in [0.25, 0.3) is 0 Å². The minimum atomic E-state index is -0.180. The normalized spacial score (nSPS) is 42.0. The van der Waals surface area contributed by atoms with E-state index in [1.807, 2.05) is 6.92 Å². The zero-order valence-electron chi connectivity index (χ0n) is 8.08. The smallest absolute Gasteiger partial charge is 0.0851 e. The molecule has 74 valence electrons. The summed E-state index contributed by atoms with van der Waals surface area (Å²) in [4.78, 5) is 0. The van der Waals surface area contributed by atoms with Crippen molar-refractivity contribution in [1.82, 2.24) is 0 Å². The van der Waals surface area contributed by atoms with Crippen LogP contribution in [-0.2, 0) is 14.2 Å². The predicted octanol–water partition coefficient (Wildman–Crippen LogP) is 0.989. The molecule has 0 aliphatic carbocycles. The second-order valence-corrected chi connectivity index (χ2v) is 3.52. The van der Waals surface area contributed by atoms with E-state index in [0.29, 0.717) is 19.1 Å². The van der Waals surface area contributed by atoms with Crippen molar-refractivity contribution < 1.29 is 45.3 Å². The fourth-order valence-electron chi connectivity index (χ4n) is 1.80. The van der Waals surface area contributed by atoms with E-state index in [-0.39, 0.29) is 42.8 Å². The minimum absolute atomic E-state index is 0. The van der Waals surface area contributed by atoms with E-state index in [4.69, 9.17) is 14.2 Å². The van der Waals surface area contributed by atoms with Crippen LogP contribution in [0.25, 0.3) is 0 Å². The predicted molar refractivity (Wildman–Crippen MR) is 43.5 cm³/mol. The van der Waals surface area contributed by atoms with Crippen LogP contribution in [0.4, 0.5) is 0 Å². The first kappa shape index (κ1) is 12.0. The van der Waals surface area contributed by atoms with Crippen LogP contribution in [0, 0.1) is 43.6 Å². The van der Waals surface area contributed by atoms with Gasteiger partial charge in [0.15, 0.2) is 0 Å². The van der Waals surface area contributed by atoms with Gasteiger partial charge in [-0.2, -0.15) is 6.61 Å². The maximum atomic E-state index is 5.58. The van der Waals surface area contributed by atoms with Gasteiger partial charge in [-0.1, -0.05) is 6.92 Å². The van der Waals surface area contributed by atoms with E-state index in [1.54, 1.807) is 6.61 Å². The third kappa shape index (κ3) is 1.98. The first-order chi connectivity index (χ1) is 5.78. The quantitative estimate of drug-likeness (QED) is 0.651. The van der Waals surface area contributed by atoms with Crippen molar-refractivity contribution in [2.24, 2.45) is 5.92 Å². The number of fused-ring (bicyclic) bond motifs is 2. The fourth-order valence-corrected chi connectivity index (χ4v) is 1.80. The second-order valence-electron chi connectivity index (χ2n) is 3.52. The number of hydrogen-bond donors (Lipinski definition) is 0. The Bertz CT molecular complexity index is 166. The molecule has 13 heavy (non-hydrogen) atoms. The van der Waals surface area contributed by atoms with Gasteiger partial charge >= 0.3 is 0 Å². The van der Waals surface area contributed by atoms with E-state index >= 15 is 0 Å². The van der Waals surface area contributed by atoms with Crippen LogP contribution in [-0.4, -0.2) is 31.5 Å². The molecule has 0 amide bonds. The Hall–Kier alpha value is 0.932. The zero-order chi connectivity index (χ0) is 8.60. The first-order valence-corrected chi connectivity index (χ1v) is 4.49. The van der Waals surface area contributed by atoms with Gasteiger partial charge in [0, 0.05) is 37.7 Å². The van der Waals surface area contributed by atoms with Crippen LogP contribution >= 0.6 is 0 Å². The van der Waals surface area contributed by atoms with Crippen molar-refractivity contribution in [3.05, 3.63) is 6.61 Å².